The zero-order valence-corrected chi connectivity index (χ0v) is 17.3. The molecule has 1 N–H and O–H groups in total. The first kappa shape index (κ1) is 19.4. The highest BCUT2D eigenvalue weighted by atomic mass is 35.5. The monoisotopic (exact) mass is 422 g/mol. The highest BCUT2D eigenvalue weighted by molar-refractivity contribution is 7.90. The van der Waals surface area contributed by atoms with Gasteiger partial charge in [0, 0.05) is 28.8 Å². The highest BCUT2D eigenvalue weighted by Crippen LogP contribution is 2.32. The molecule has 0 unspecified atom stereocenters. The zero-order chi connectivity index (χ0) is 20.4. The molecule has 0 radical (unpaired) electrons. The van der Waals surface area contributed by atoms with Gasteiger partial charge in [-0.25, -0.2) is 13.4 Å². The summed E-state index contributed by atoms with van der Waals surface area (Å²) in [6.07, 6.45) is 1.87. The lowest BCUT2D eigenvalue weighted by atomic mass is 10.1. The number of benzene rings is 3. The fourth-order valence-corrected chi connectivity index (χ4v) is 3.95. The van der Waals surface area contributed by atoms with Crippen molar-refractivity contribution in [2.45, 2.75) is 11.3 Å². The number of nitrogens with zero attached hydrogens (tertiary/aromatic N) is 1. The third kappa shape index (κ3) is 4.42. The molecular weight excluding hydrogens is 404 g/mol. The summed E-state index contributed by atoms with van der Waals surface area (Å²) < 4.78 is 23.5. The number of sulfone groups is 1. The molecule has 29 heavy (non-hydrogen) atoms. The Morgan fingerprint density at radius 1 is 0.862 bits per heavy atom. The van der Waals surface area contributed by atoms with Crippen LogP contribution in [0.3, 0.4) is 0 Å². The van der Waals surface area contributed by atoms with Gasteiger partial charge in [-0.2, -0.15) is 0 Å². The molecule has 4 nitrogen and oxygen atoms in total. The lowest BCUT2D eigenvalue weighted by molar-refractivity contribution is 0.602. The van der Waals surface area contributed by atoms with E-state index in [9.17, 15) is 8.42 Å². The average molecular weight is 423 g/mol. The Kier molecular flexibility index (Phi) is 5.26. The van der Waals surface area contributed by atoms with Crippen LogP contribution in [0.25, 0.3) is 22.5 Å². The first-order valence-corrected chi connectivity index (χ1v) is 11.4. The van der Waals surface area contributed by atoms with Crippen molar-refractivity contribution in [2.24, 2.45) is 0 Å². The van der Waals surface area contributed by atoms with Crippen LogP contribution in [0.15, 0.2) is 83.8 Å². The minimum absolute atomic E-state index is 0.286. The van der Waals surface area contributed by atoms with Gasteiger partial charge in [0.25, 0.3) is 0 Å². The molecule has 0 aliphatic heterocycles. The molecule has 6 heteroatoms. The summed E-state index contributed by atoms with van der Waals surface area (Å²) in [7, 11) is -3.25. The number of nitrogens with one attached hydrogen (secondary N) is 1. The summed E-state index contributed by atoms with van der Waals surface area (Å²) in [5, 5.41) is 0.664. The van der Waals surface area contributed by atoms with Crippen LogP contribution in [0.1, 0.15) is 11.4 Å². The smallest absolute Gasteiger partial charge is 0.175 e. The maximum Gasteiger partial charge on any atom is 0.175 e. The van der Waals surface area contributed by atoms with E-state index >= 15 is 0 Å². The predicted octanol–water partition coefficient (Wildman–Crippen LogP) is 5.39. The van der Waals surface area contributed by atoms with Crippen molar-refractivity contribution in [2.75, 3.05) is 6.26 Å². The normalized spacial score (nSPS) is 11.5. The molecule has 0 spiro atoms. The molecule has 1 heterocycles. The summed E-state index contributed by atoms with van der Waals surface area (Å²) in [5.41, 5.74) is 4.61. The van der Waals surface area contributed by atoms with Gasteiger partial charge in [-0.15, -0.1) is 0 Å². The van der Waals surface area contributed by atoms with Crippen molar-refractivity contribution in [3.63, 3.8) is 0 Å². The van der Waals surface area contributed by atoms with E-state index in [1.165, 1.54) is 6.26 Å². The van der Waals surface area contributed by atoms with E-state index in [1.807, 2.05) is 42.5 Å². The van der Waals surface area contributed by atoms with E-state index in [-0.39, 0.29) is 4.90 Å². The Morgan fingerprint density at radius 3 is 2.10 bits per heavy atom. The minimum Gasteiger partial charge on any atom is -0.341 e. The molecule has 1 aromatic heterocycles. The number of aromatic amines is 1. The van der Waals surface area contributed by atoms with Crippen LogP contribution in [0.4, 0.5) is 0 Å². The fraction of sp³-hybridized carbons (Fsp3) is 0.0870. The number of hydrogen-bond donors (Lipinski definition) is 1. The molecule has 0 aliphatic rings. The molecule has 0 saturated heterocycles. The maximum atomic E-state index is 11.8. The van der Waals surface area contributed by atoms with Gasteiger partial charge in [-0.05, 0) is 29.8 Å². The Bertz CT molecular complexity index is 1230. The summed E-state index contributed by atoms with van der Waals surface area (Å²) in [4.78, 5) is 8.55. The Morgan fingerprint density at radius 2 is 1.48 bits per heavy atom. The number of aromatic nitrogens is 2. The molecule has 4 aromatic rings. The van der Waals surface area contributed by atoms with E-state index in [4.69, 9.17) is 16.6 Å². The van der Waals surface area contributed by atoms with Gasteiger partial charge < -0.3 is 4.98 Å². The van der Waals surface area contributed by atoms with Crippen LogP contribution in [-0.4, -0.2) is 24.6 Å². The van der Waals surface area contributed by atoms with Gasteiger partial charge in [-0.1, -0.05) is 66.2 Å². The average Bonchev–Trinajstić information content (AvgIpc) is 3.12. The Hall–Kier alpha value is -2.89. The second-order valence-electron chi connectivity index (χ2n) is 6.87. The number of hydrogen-bond acceptors (Lipinski definition) is 3. The molecule has 146 valence electrons. The molecule has 3 aromatic carbocycles. The Labute approximate surface area is 175 Å². The molecule has 0 amide bonds. The lowest BCUT2D eigenvalue weighted by Crippen LogP contribution is -1.96. The Balaban J connectivity index is 1.79. The minimum atomic E-state index is -3.25. The molecule has 0 atom stereocenters. The summed E-state index contributed by atoms with van der Waals surface area (Å²) in [6.45, 7) is 0. The molecule has 0 saturated carbocycles. The number of imidazole rings is 1. The van der Waals surface area contributed by atoms with Gasteiger partial charge >= 0.3 is 0 Å². The van der Waals surface area contributed by atoms with Crippen LogP contribution in [0.2, 0.25) is 5.02 Å². The van der Waals surface area contributed by atoms with E-state index in [0.29, 0.717) is 11.4 Å². The van der Waals surface area contributed by atoms with Crippen molar-refractivity contribution in [3.05, 3.63) is 95.3 Å². The van der Waals surface area contributed by atoms with E-state index in [0.717, 1.165) is 33.9 Å². The predicted molar refractivity (Wildman–Crippen MR) is 117 cm³/mol. The molecule has 0 fully saturated rings. The van der Waals surface area contributed by atoms with Gasteiger partial charge in [0.1, 0.15) is 5.82 Å². The number of H-pyrrole nitrogens is 1. The van der Waals surface area contributed by atoms with E-state index in [2.05, 4.69) is 17.1 Å². The van der Waals surface area contributed by atoms with E-state index in [1.54, 1.807) is 24.3 Å². The third-order valence-electron chi connectivity index (χ3n) is 4.66. The van der Waals surface area contributed by atoms with E-state index < -0.39 is 9.84 Å². The summed E-state index contributed by atoms with van der Waals surface area (Å²) in [5.74, 6) is 0.836. The van der Waals surface area contributed by atoms with Gasteiger partial charge in [-0.3, -0.25) is 0 Å². The topological polar surface area (TPSA) is 62.8 Å². The second-order valence-corrected chi connectivity index (χ2v) is 9.33. The first-order valence-electron chi connectivity index (χ1n) is 9.09. The quantitative estimate of drug-likeness (QED) is 0.469. The summed E-state index contributed by atoms with van der Waals surface area (Å²) in [6, 6.07) is 24.5. The zero-order valence-electron chi connectivity index (χ0n) is 15.8. The van der Waals surface area contributed by atoms with Crippen molar-refractivity contribution >= 4 is 21.4 Å². The maximum absolute atomic E-state index is 11.8. The second kappa shape index (κ2) is 7.85. The van der Waals surface area contributed by atoms with Crippen molar-refractivity contribution < 1.29 is 8.42 Å². The highest BCUT2D eigenvalue weighted by Gasteiger charge is 2.16. The number of rotatable bonds is 5. The van der Waals surface area contributed by atoms with Crippen LogP contribution in [0, 0.1) is 0 Å². The standard InChI is InChI=1S/C23H19ClN2O2S/c1-29(27,28)20-13-9-18(10-14-20)23-22(17-7-11-19(24)12-8-17)25-21(26-23)15-16-5-3-2-4-6-16/h2-14H,15H2,1H3,(H,25,26). The van der Waals surface area contributed by atoms with Gasteiger partial charge in [0.2, 0.25) is 0 Å². The van der Waals surface area contributed by atoms with Crippen LogP contribution in [0.5, 0.6) is 0 Å². The largest absolute Gasteiger partial charge is 0.341 e. The van der Waals surface area contributed by atoms with Crippen molar-refractivity contribution in [1.29, 1.82) is 0 Å². The van der Waals surface area contributed by atoms with Crippen molar-refractivity contribution in [1.82, 2.24) is 9.97 Å². The molecule has 4 rings (SSSR count). The van der Waals surface area contributed by atoms with Crippen molar-refractivity contribution in [3.8, 4) is 22.5 Å². The van der Waals surface area contributed by atoms with Gasteiger partial charge in [0.15, 0.2) is 9.84 Å². The molecular formula is C23H19ClN2O2S. The molecule has 0 bridgehead atoms. The fourth-order valence-electron chi connectivity index (χ4n) is 3.19. The summed E-state index contributed by atoms with van der Waals surface area (Å²) >= 11 is 6.05. The van der Waals surface area contributed by atoms with Crippen LogP contribution in [-0.2, 0) is 16.3 Å². The first-order chi connectivity index (χ1) is 13.9. The molecule has 0 aliphatic carbocycles. The number of halogens is 1. The third-order valence-corrected chi connectivity index (χ3v) is 6.04. The van der Waals surface area contributed by atoms with Gasteiger partial charge in [0.05, 0.1) is 16.3 Å². The SMILES string of the molecule is CS(=O)(=O)c1ccc(-c2nc(Cc3ccccc3)[nH]c2-c2ccc(Cl)cc2)cc1. The van der Waals surface area contributed by atoms with Crippen LogP contribution < -0.4 is 0 Å². The lowest BCUT2D eigenvalue weighted by Gasteiger charge is -2.05. The van der Waals surface area contributed by atoms with Crippen LogP contribution >= 0.6 is 11.6 Å².